The number of hydrogen-bond acceptors (Lipinski definition) is 10. The summed E-state index contributed by atoms with van der Waals surface area (Å²) in [6.07, 6.45) is 0. The molecular weight excluding hydrogens is 444 g/mol. The highest BCUT2D eigenvalue weighted by atomic mass is 32.2. The molecule has 0 N–H and O–H groups in total. The third-order valence-electron chi connectivity index (χ3n) is 3.92. The van der Waals surface area contributed by atoms with E-state index in [1.54, 1.807) is 0 Å². The van der Waals surface area contributed by atoms with Crippen molar-refractivity contribution < 1.29 is 35.4 Å². The van der Waals surface area contributed by atoms with E-state index in [9.17, 15) is 41.6 Å². The number of hydrogen-bond donors (Lipinski definition) is 0. The zero-order valence-electron chi connectivity index (χ0n) is 14.5. The fraction of sp³-hybridized carbons (Fsp3) is 0. The predicted octanol–water partition coefficient (Wildman–Crippen LogP) is 2.33. The van der Waals surface area contributed by atoms with E-state index in [1.165, 1.54) is 18.2 Å². The van der Waals surface area contributed by atoms with Crippen molar-refractivity contribution in [3.8, 4) is 5.75 Å². The van der Waals surface area contributed by atoms with Crippen molar-refractivity contribution >= 4 is 42.4 Å². The molecule has 3 aromatic carbocycles. The average Bonchev–Trinajstić information content (AvgIpc) is 2.67. The van der Waals surface area contributed by atoms with Crippen molar-refractivity contribution in [3.63, 3.8) is 0 Å². The van der Waals surface area contributed by atoms with Crippen molar-refractivity contribution in [2.45, 2.75) is 9.79 Å². The maximum absolute atomic E-state index is 12.6. The van der Waals surface area contributed by atoms with Gasteiger partial charge in [0.1, 0.15) is 15.0 Å². The maximum Gasteiger partial charge on any atom is 0.339 e. The van der Waals surface area contributed by atoms with Gasteiger partial charge in [-0.2, -0.15) is 8.42 Å². The Morgan fingerprint density at radius 1 is 0.733 bits per heavy atom. The van der Waals surface area contributed by atoms with Crippen LogP contribution in [0, 0.1) is 20.2 Å². The molecular formula is C16H9N2O10S2-. The van der Waals surface area contributed by atoms with E-state index in [4.69, 9.17) is 4.18 Å². The summed E-state index contributed by atoms with van der Waals surface area (Å²) in [4.78, 5) is 19.4. The topological polar surface area (TPSA) is 187 Å². The average molecular weight is 453 g/mol. The first-order chi connectivity index (χ1) is 13.9. The Morgan fingerprint density at radius 3 is 1.87 bits per heavy atom. The first kappa shape index (κ1) is 21.1. The van der Waals surface area contributed by atoms with Gasteiger partial charge in [-0.1, -0.05) is 18.2 Å². The fourth-order valence-electron chi connectivity index (χ4n) is 2.62. The number of benzene rings is 3. The summed E-state index contributed by atoms with van der Waals surface area (Å²) in [5.41, 5.74) is -1.91. The van der Waals surface area contributed by atoms with Crippen LogP contribution in [-0.4, -0.2) is 31.2 Å². The summed E-state index contributed by atoms with van der Waals surface area (Å²) in [6.45, 7) is 0. The van der Waals surface area contributed by atoms with Crippen LogP contribution in [0.25, 0.3) is 10.8 Å². The summed E-state index contributed by atoms with van der Waals surface area (Å²) in [6, 6.07) is 9.22. The molecule has 0 fully saturated rings. The molecule has 0 aliphatic carbocycles. The fourth-order valence-corrected chi connectivity index (χ4v) is 4.10. The Balaban J connectivity index is 2.41. The van der Waals surface area contributed by atoms with Gasteiger partial charge >= 0.3 is 15.8 Å². The van der Waals surface area contributed by atoms with Crippen LogP contribution in [0.3, 0.4) is 0 Å². The molecule has 0 saturated heterocycles. The second-order valence-corrected chi connectivity index (χ2v) is 8.70. The lowest BCUT2D eigenvalue weighted by Gasteiger charge is -2.13. The van der Waals surface area contributed by atoms with E-state index < -0.39 is 57.5 Å². The molecule has 3 rings (SSSR count). The van der Waals surface area contributed by atoms with Gasteiger partial charge in [0.25, 0.3) is 5.69 Å². The van der Waals surface area contributed by atoms with Gasteiger partial charge in [0, 0.05) is 5.39 Å². The molecule has 30 heavy (non-hydrogen) atoms. The van der Waals surface area contributed by atoms with Crippen LogP contribution in [0.15, 0.2) is 64.4 Å². The highest BCUT2D eigenvalue weighted by Gasteiger charge is 2.31. The standard InChI is InChI=1S/C16H10N2O10S2/c19-17(20)14-9-15(18(21)22)16(28-30(26,27)10-4-2-1-3-5-10)13-8-11(29(23,24)25)6-7-12(13)14/h1-9H,(H,23,24,25)/p-1. The van der Waals surface area contributed by atoms with Gasteiger partial charge in [0.05, 0.1) is 26.2 Å². The van der Waals surface area contributed by atoms with E-state index in [-0.39, 0.29) is 10.3 Å². The highest BCUT2D eigenvalue weighted by Crippen LogP contribution is 2.43. The third kappa shape index (κ3) is 3.91. The van der Waals surface area contributed by atoms with Crippen LogP contribution in [-0.2, 0) is 20.2 Å². The minimum atomic E-state index is -5.07. The monoisotopic (exact) mass is 453 g/mol. The number of non-ortho nitro benzene ring substituents is 1. The van der Waals surface area contributed by atoms with E-state index in [0.29, 0.717) is 12.1 Å². The number of nitro groups is 2. The second-order valence-electron chi connectivity index (χ2n) is 5.77. The number of nitro benzene ring substituents is 2. The SMILES string of the molecule is O=[N+]([O-])c1cc([N+](=O)[O-])c2ccc(S(=O)(=O)[O-])cc2c1OS(=O)(=O)c1ccccc1. The van der Waals surface area contributed by atoms with E-state index in [0.717, 1.165) is 24.3 Å². The first-order valence-electron chi connectivity index (χ1n) is 7.77. The molecule has 14 heteroatoms. The smallest absolute Gasteiger partial charge is 0.339 e. The van der Waals surface area contributed by atoms with Gasteiger partial charge in [-0.15, -0.1) is 0 Å². The molecule has 0 atom stereocenters. The largest absolute Gasteiger partial charge is 0.744 e. The zero-order chi connectivity index (χ0) is 22.3. The Bertz CT molecular complexity index is 1400. The van der Waals surface area contributed by atoms with Crippen molar-refractivity contribution in [2.24, 2.45) is 0 Å². The summed E-state index contributed by atoms with van der Waals surface area (Å²) in [5, 5.41) is 21.8. The van der Waals surface area contributed by atoms with Gasteiger partial charge in [-0.05, 0) is 30.3 Å². The maximum atomic E-state index is 12.6. The van der Waals surface area contributed by atoms with Crippen LogP contribution in [0.4, 0.5) is 11.4 Å². The van der Waals surface area contributed by atoms with Crippen LogP contribution in [0.1, 0.15) is 0 Å². The molecule has 12 nitrogen and oxygen atoms in total. The lowest BCUT2D eigenvalue weighted by molar-refractivity contribution is -0.393. The van der Waals surface area contributed by atoms with Crippen LogP contribution in [0.2, 0.25) is 0 Å². The van der Waals surface area contributed by atoms with Gasteiger partial charge < -0.3 is 8.74 Å². The minimum Gasteiger partial charge on any atom is -0.744 e. The molecule has 156 valence electrons. The van der Waals surface area contributed by atoms with Gasteiger partial charge in [0.15, 0.2) is 0 Å². The summed E-state index contributed by atoms with van der Waals surface area (Å²) in [7, 11) is -9.71. The normalized spacial score (nSPS) is 11.9. The molecule has 0 bridgehead atoms. The van der Waals surface area contributed by atoms with Crippen LogP contribution >= 0.6 is 0 Å². The Kier molecular flexibility index (Phi) is 5.15. The molecule has 0 amide bonds. The molecule has 0 aliphatic heterocycles. The second kappa shape index (κ2) is 7.33. The highest BCUT2D eigenvalue weighted by molar-refractivity contribution is 7.87. The molecule has 0 aliphatic rings. The Hall–Kier alpha value is -3.62. The van der Waals surface area contributed by atoms with Crippen molar-refractivity contribution in [3.05, 3.63) is 74.8 Å². The molecule has 0 unspecified atom stereocenters. The quantitative estimate of drug-likeness (QED) is 0.232. The minimum absolute atomic E-state index is 0.365. The molecule has 0 aromatic heterocycles. The van der Waals surface area contributed by atoms with Gasteiger partial charge in [-0.3, -0.25) is 20.2 Å². The Morgan fingerprint density at radius 2 is 1.33 bits per heavy atom. The molecule has 0 heterocycles. The third-order valence-corrected chi connectivity index (χ3v) is 5.99. The summed E-state index contributed by atoms with van der Waals surface area (Å²) >= 11 is 0. The van der Waals surface area contributed by atoms with Crippen LogP contribution in [0.5, 0.6) is 5.75 Å². The lowest BCUT2D eigenvalue weighted by Crippen LogP contribution is -2.11. The molecule has 3 aromatic rings. The lowest BCUT2D eigenvalue weighted by atomic mass is 10.1. The zero-order valence-corrected chi connectivity index (χ0v) is 16.1. The molecule has 0 saturated carbocycles. The van der Waals surface area contributed by atoms with E-state index in [2.05, 4.69) is 0 Å². The molecule has 0 radical (unpaired) electrons. The first-order valence-corrected chi connectivity index (χ1v) is 10.6. The molecule has 0 spiro atoms. The Labute approximate surface area is 168 Å². The van der Waals surface area contributed by atoms with Crippen LogP contribution < -0.4 is 4.18 Å². The van der Waals surface area contributed by atoms with Gasteiger partial charge in [-0.25, -0.2) is 8.42 Å². The number of fused-ring (bicyclic) bond motifs is 1. The van der Waals surface area contributed by atoms with Crippen molar-refractivity contribution in [1.82, 2.24) is 0 Å². The van der Waals surface area contributed by atoms with Gasteiger partial charge in [0.2, 0.25) is 5.75 Å². The van der Waals surface area contributed by atoms with Crippen molar-refractivity contribution in [2.75, 3.05) is 0 Å². The van der Waals surface area contributed by atoms with Crippen molar-refractivity contribution in [1.29, 1.82) is 0 Å². The van der Waals surface area contributed by atoms with E-state index >= 15 is 0 Å². The number of rotatable bonds is 6. The summed E-state index contributed by atoms with van der Waals surface area (Å²) in [5.74, 6) is -0.963. The predicted molar refractivity (Wildman–Crippen MR) is 99.5 cm³/mol. The van der Waals surface area contributed by atoms with E-state index in [1.807, 2.05) is 0 Å². The number of nitrogens with zero attached hydrogens (tertiary/aromatic N) is 2. The summed E-state index contributed by atoms with van der Waals surface area (Å²) < 4.78 is 64.1.